The van der Waals surface area contributed by atoms with Crippen LogP contribution in [0.1, 0.15) is 19.2 Å². The predicted molar refractivity (Wildman–Crippen MR) is 63.6 cm³/mol. The van der Waals surface area contributed by atoms with Gasteiger partial charge in [0, 0.05) is 12.0 Å². The zero-order chi connectivity index (χ0) is 12.3. The van der Waals surface area contributed by atoms with Crippen LogP contribution in [-0.2, 0) is 6.42 Å². The van der Waals surface area contributed by atoms with Gasteiger partial charge in [-0.2, -0.15) is 4.98 Å². The molecule has 0 fully saturated rings. The second-order valence-electron chi connectivity index (χ2n) is 3.76. The van der Waals surface area contributed by atoms with Gasteiger partial charge in [0.25, 0.3) is 5.89 Å². The van der Waals surface area contributed by atoms with E-state index in [9.17, 15) is 0 Å². The Morgan fingerprint density at radius 2 is 1.94 bits per heavy atom. The first-order valence-electron chi connectivity index (χ1n) is 5.49. The molecule has 0 radical (unpaired) electrons. The van der Waals surface area contributed by atoms with Crippen molar-refractivity contribution in [1.29, 1.82) is 0 Å². The maximum Gasteiger partial charge on any atom is 0.488 e. The minimum Gasteiger partial charge on any atom is -0.423 e. The highest BCUT2D eigenvalue weighted by Gasteiger charge is 2.12. The molecule has 2 N–H and O–H groups in total. The lowest BCUT2D eigenvalue weighted by atomic mass is 9.80. The number of aromatic nitrogens is 2. The Bertz CT molecular complexity index is 482. The van der Waals surface area contributed by atoms with Crippen molar-refractivity contribution >= 4 is 12.6 Å². The van der Waals surface area contributed by atoms with Gasteiger partial charge in [-0.25, -0.2) is 0 Å². The molecule has 1 aromatic heterocycles. The lowest BCUT2D eigenvalue weighted by Crippen LogP contribution is -2.29. The van der Waals surface area contributed by atoms with Crippen LogP contribution in [0.4, 0.5) is 0 Å². The van der Waals surface area contributed by atoms with Gasteiger partial charge in [0.1, 0.15) is 0 Å². The molecular formula is C11H13BN2O3. The van der Waals surface area contributed by atoms with Crippen LogP contribution in [0.3, 0.4) is 0 Å². The molecule has 0 aliphatic rings. The van der Waals surface area contributed by atoms with Crippen molar-refractivity contribution in [2.24, 2.45) is 0 Å². The van der Waals surface area contributed by atoms with E-state index in [0.29, 0.717) is 17.2 Å². The molecule has 0 aliphatic heterocycles. The van der Waals surface area contributed by atoms with Gasteiger partial charge in [-0.05, 0) is 24.0 Å². The summed E-state index contributed by atoms with van der Waals surface area (Å²) in [6.45, 7) is 2.05. The van der Waals surface area contributed by atoms with E-state index >= 15 is 0 Å². The molecule has 0 saturated carbocycles. The first kappa shape index (κ1) is 11.8. The smallest absolute Gasteiger partial charge is 0.423 e. The second kappa shape index (κ2) is 5.12. The number of rotatable bonds is 4. The molecule has 88 valence electrons. The van der Waals surface area contributed by atoms with Gasteiger partial charge >= 0.3 is 7.12 Å². The SMILES string of the molecule is CCCc1noc(-c2ccc(B(O)O)cc2)n1. The van der Waals surface area contributed by atoms with Crippen molar-refractivity contribution in [3.8, 4) is 11.5 Å². The zero-order valence-electron chi connectivity index (χ0n) is 9.50. The summed E-state index contributed by atoms with van der Waals surface area (Å²) < 4.78 is 5.12. The number of aryl methyl sites for hydroxylation is 1. The molecule has 0 unspecified atom stereocenters. The molecule has 5 nitrogen and oxygen atoms in total. The molecule has 0 aliphatic carbocycles. The molecule has 2 aromatic rings. The van der Waals surface area contributed by atoms with E-state index in [4.69, 9.17) is 14.6 Å². The monoisotopic (exact) mass is 232 g/mol. The molecule has 0 atom stereocenters. The lowest BCUT2D eigenvalue weighted by Gasteiger charge is -1.99. The fraction of sp³-hybridized carbons (Fsp3) is 0.273. The largest absolute Gasteiger partial charge is 0.488 e. The summed E-state index contributed by atoms with van der Waals surface area (Å²) in [5.41, 5.74) is 1.20. The molecule has 1 aromatic carbocycles. The topological polar surface area (TPSA) is 79.4 Å². The minimum absolute atomic E-state index is 0.432. The molecule has 2 rings (SSSR count). The normalized spacial score (nSPS) is 10.5. The lowest BCUT2D eigenvalue weighted by molar-refractivity contribution is 0.421. The van der Waals surface area contributed by atoms with Gasteiger partial charge < -0.3 is 14.6 Å². The maximum absolute atomic E-state index is 8.96. The van der Waals surface area contributed by atoms with Crippen LogP contribution < -0.4 is 5.46 Å². The Morgan fingerprint density at radius 3 is 2.53 bits per heavy atom. The van der Waals surface area contributed by atoms with Crippen molar-refractivity contribution in [3.05, 3.63) is 30.1 Å². The average molecular weight is 232 g/mol. The highest BCUT2D eigenvalue weighted by molar-refractivity contribution is 6.58. The van der Waals surface area contributed by atoms with Crippen molar-refractivity contribution in [1.82, 2.24) is 10.1 Å². The van der Waals surface area contributed by atoms with Crippen molar-refractivity contribution < 1.29 is 14.6 Å². The van der Waals surface area contributed by atoms with Gasteiger partial charge in [0.2, 0.25) is 0 Å². The quantitative estimate of drug-likeness (QED) is 0.744. The molecule has 6 heteroatoms. The van der Waals surface area contributed by atoms with Crippen LogP contribution in [0, 0.1) is 0 Å². The summed E-state index contributed by atoms with van der Waals surface area (Å²) in [6.07, 6.45) is 1.76. The van der Waals surface area contributed by atoms with Gasteiger partial charge in [0.15, 0.2) is 5.82 Å². The van der Waals surface area contributed by atoms with E-state index in [-0.39, 0.29) is 0 Å². The highest BCUT2D eigenvalue weighted by atomic mass is 16.5. The van der Waals surface area contributed by atoms with E-state index in [0.717, 1.165) is 18.4 Å². The first-order valence-corrected chi connectivity index (χ1v) is 5.49. The van der Waals surface area contributed by atoms with E-state index in [1.54, 1.807) is 24.3 Å². The zero-order valence-corrected chi connectivity index (χ0v) is 9.50. The standard InChI is InChI=1S/C11H13BN2O3/c1-2-3-10-13-11(17-14-10)8-4-6-9(7-5-8)12(15)16/h4-7,15-16H,2-3H2,1H3. The summed E-state index contributed by atoms with van der Waals surface area (Å²) in [4.78, 5) is 4.24. The summed E-state index contributed by atoms with van der Waals surface area (Å²) in [5.74, 6) is 1.14. The van der Waals surface area contributed by atoms with Gasteiger partial charge in [-0.3, -0.25) is 0 Å². The van der Waals surface area contributed by atoms with Crippen molar-refractivity contribution in [2.45, 2.75) is 19.8 Å². The Kier molecular flexibility index (Phi) is 3.56. The third-order valence-corrected chi connectivity index (χ3v) is 2.40. The summed E-state index contributed by atoms with van der Waals surface area (Å²) in [7, 11) is -1.46. The van der Waals surface area contributed by atoms with Crippen LogP contribution in [0.15, 0.2) is 28.8 Å². The Labute approximate surface area is 99.2 Å². The molecule has 17 heavy (non-hydrogen) atoms. The number of hydrogen-bond acceptors (Lipinski definition) is 5. The van der Waals surface area contributed by atoms with Crippen LogP contribution >= 0.6 is 0 Å². The molecule has 0 amide bonds. The fourth-order valence-electron chi connectivity index (χ4n) is 1.49. The van der Waals surface area contributed by atoms with Gasteiger partial charge in [-0.1, -0.05) is 24.2 Å². The fourth-order valence-corrected chi connectivity index (χ4v) is 1.49. The third kappa shape index (κ3) is 2.72. The number of benzene rings is 1. The maximum atomic E-state index is 8.96. The predicted octanol–water partition coefficient (Wildman–Crippen LogP) is 0.369. The summed E-state index contributed by atoms with van der Waals surface area (Å²) >= 11 is 0. The van der Waals surface area contributed by atoms with Crippen LogP contribution in [0.2, 0.25) is 0 Å². The summed E-state index contributed by atoms with van der Waals surface area (Å²) in [6, 6.07) is 6.67. The van der Waals surface area contributed by atoms with E-state index in [2.05, 4.69) is 10.1 Å². The second-order valence-corrected chi connectivity index (χ2v) is 3.76. The van der Waals surface area contributed by atoms with Crippen molar-refractivity contribution in [2.75, 3.05) is 0 Å². The molecule has 0 bridgehead atoms. The minimum atomic E-state index is -1.46. The first-order chi connectivity index (χ1) is 8.20. The summed E-state index contributed by atoms with van der Waals surface area (Å²) in [5, 5.41) is 21.8. The average Bonchev–Trinajstić information content (AvgIpc) is 2.78. The number of nitrogens with zero attached hydrogens (tertiary/aromatic N) is 2. The van der Waals surface area contributed by atoms with E-state index in [1.807, 2.05) is 6.92 Å². The van der Waals surface area contributed by atoms with Gasteiger partial charge in [0.05, 0.1) is 0 Å². The van der Waals surface area contributed by atoms with Crippen LogP contribution in [0.5, 0.6) is 0 Å². The Balaban J connectivity index is 2.21. The van der Waals surface area contributed by atoms with E-state index in [1.165, 1.54) is 0 Å². The molecule has 1 heterocycles. The number of hydrogen-bond donors (Lipinski definition) is 2. The van der Waals surface area contributed by atoms with Gasteiger partial charge in [-0.15, -0.1) is 0 Å². The van der Waals surface area contributed by atoms with E-state index < -0.39 is 7.12 Å². The van der Waals surface area contributed by atoms with Crippen LogP contribution in [0.25, 0.3) is 11.5 Å². The van der Waals surface area contributed by atoms with Crippen LogP contribution in [-0.4, -0.2) is 27.3 Å². The Hall–Kier alpha value is -1.66. The Morgan fingerprint density at radius 1 is 1.24 bits per heavy atom. The molecule has 0 spiro atoms. The highest BCUT2D eigenvalue weighted by Crippen LogP contribution is 2.16. The molecular weight excluding hydrogens is 219 g/mol. The van der Waals surface area contributed by atoms with Crippen molar-refractivity contribution in [3.63, 3.8) is 0 Å². The third-order valence-electron chi connectivity index (χ3n) is 2.40. The molecule has 0 saturated heterocycles.